The summed E-state index contributed by atoms with van der Waals surface area (Å²) >= 11 is 0. The van der Waals surface area contributed by atoms with Gasteiger partial charge in [0.2, 0.25) is 5.95 Å². The van der Waals surface area contributed by atoms with Gasteiger partial charge in [0.1, 0.15) is 0 Å². The van der Waals surface area contributed by atoms with E-state index in [1.54, 1.807) is 6.20 Å². The minimum absolute atomic E-state index is 0.0135. The predicted molar refractivity (Wildman–Crippen MR) is 115 cm³/mol. The molecule has 1 N–H and O–H groups in total. The lowest BCUT2D eigenvalue weighted by molar-refractivity contribution is 0.279. The second-order valence-corrected chi connectivity index (χ2v) is 7.80. The molecule has 3 heterocycles. The van der Waals surface area contributed by atoms with E-state index in [2.05, 4.69) is 46.1 Å². The molecule has 1 aliphatic heterocycles. The molecule has 1 aliphatic rings. The largest absolute Gasteiger partial charge is 0.341 e. The Morgan fingerprint density at radius 2 is 1.97 bits per heavy atom. The Labute approximate surface area is 171 Å². The van der Waals surface area contributed by atoms with Crippen LogP contribution in [0.4, 0.5) is 5.95 Å². The second kappa shape index (κ2) is 8.57. The molecule has 0 atom stereocenters. The van der Waals surface area contributed by atoms with Crippen molar-refractivity contribution in [1.29, 1.82) is 0 Å². The van der Waals surface area contributed by atoms with Gasteiger partial charge in [0, 0.05) is 57.6 Å². The van der Waals surface area contributed by atoms with Crippen LogP contribution >= 0.6 is 0 Å². The van der Waals surface area contributed by atoms with Gasteiger partial charge in [-0.15, -0.1) is 0 Å². The summed E-state index contributed by atoms with van der Waals surface area (Å²) in [7, 11) is 1.94. The van der Waals surface area contributed by atoms with Crippen LogP contribution in [-0.4, -0.2) is 40.0 Å². The molecule has 6 nitrogen and oxygen atoms in total. The van der Waals surface area contributed by atoms with Crippen molar-refractivity contribution in [2.75, 3.05) is 25.0 Å². The summed E-state index contributed by atoms with van der Waals surface area (Å²) < 4.78 is 0. The van der Waals surface area contributed by atoms with Crippen LogP contribution in [0.25, 0.3) is 0 Å². The van der Waals surface area contributed by atoms with Crippen LogP contribution < -0.4 is 10.5 Å². The monoisotopic (exact) mass is 389 g/mol. The molecule has 1 aromatic carbocycles. The lowest BCUT2D eigenvalue weighted by Gasteiger charge is -2.19. The summed E-state index contributed by atoms with van der Waals surface area (Å²) in [5.41, 5.74) is 5.41. The lowest BCUT2D eigenvalue weighted by Crippen LogP contribution is -2.27. The number of H-pyrrole nitrogens is 1. The van der Waals surface area contributed by atoms with Crippen LogP contribution in [0.3, 0.4) is 0 Å². The average molecular weight is 390 g/mol. The standard InChI is InChI=1S/C23H27N5O/c1-17-5-3-6-18(13-17)16-28-11-8-20-21(9-12-28)25-23(26-22(20)29)27(2)15-19-7-4-10-24-14-19/h3-7,10,13-14H,8-9,11-12,15-16H2,1-2H3,(H,25,26,29). The number of hydrogen-bond donors (Lipinski definition) is 1. The van der Waals surface area contributed by atoms with Crippen LogP contribution in [0.1, 0.15) is 27.9 Å². The molecule has 0 saturated heterocycles. The number of fused-ring (bicyclic) bond motifs is 1. The Kier molecular flexibility index (Phi) is 5.71. The van der Waals surface area contributed by atoms with Gasteiger partial charge in [-0.05, 0) is 30.5 Å². The molecule has 0 unspecified atom stereocenters. The van der Waals surface area contributed by atoms with E-state index < -0.39 is 0 Å². The third-order valence-electron chi connectivity index (χ3n) is 5.42. The fourth-order valence-corrected chi connectivity index (χ4v) is 3.89. The molecular formula is C23H27N5O. The predicted octanol–water partition coefficient (Wildman–Crippen LogP) is 2.71. The van der Waals surface area contributed by atoms with E-state index in [0.717, 1.165) is 49.3 Å². The minimum atomic E-state index is -0.0135. The molecule has 0 saturated carbocycles. The van der Waals surface area contributed by atoms with Crippen molar-refractivity contribution in [2.45, 2.75) is 32.9 Å². The highest BCUT2D eigenvalue weighted by molar-refractivity contribution is 5.34. The van der Waals surface area contributed by atoms with Gasteiger partial charge >= 0.3 is 0 Å². The highest BCUT2D eigenvalue weighted by atomic mass is 16.1. The van der Waals surface area contributed by atoms with Gasteiger partial charge in [-0.25, -0.2) is 4.98 Å². The average Bonchev–Trinajstić information content (AvgIpc) is 2.91. The van der Waals surface area contributed by atoms with Crippen LogP contribution in [0.15, 0.2) is 53.6 Å². The van der Waals surface area contributed by atoms with E-state index in [-0.39, 0.29) is 5.56 Å². The van der Waals surface area contributed by atoms with E-state index in [4.69, 9.17) is 4.98 Å². The summed E-state index contributed by atoms with van der Waals surface area (Å²) in [4.78, 5) is 29.1. The van der Waals surface area contributed by atoms with E-state index in [0.29, 0.717) is 12.5 Å². The zero-order chi connectivity index (χ0) is 20.2. The summed E-state index contributed by atoms with van der Waals surface area (Å²) in [6.07, 6.45) is 5.12. The van der Waals surface area contributed by atoms with Gasteiger partial charge in [0.05, 0.1) is 5.69 Å². The molecule has 0 radical (unpaired) electrons. The van der Waals surface area contributed by atoms with Gasteiger partial charge in [-0.2, -0.15) is 0 Å². The Morgan fingerprint density at radius 3 is 2.76 bits per heavy atom. The molecule has 2 aromatic heterocycles. The molecule has 0 bridgehead atoms. The topological polar surface area (TPSA) is 65.1 Å². The molecule has 0 fully saturated rings. The summed E-state index contributed by atoms with van der Waals surface area (Å²) in [6, 6.07) is 12.6. The zero-order valence-corrected chi connectivity index (χ0v) is 17.1. The Balaban J connectivity index is 1.49. The van der Waals surface area contributed by atoms with Crippen molar-refractivity contribution in [3.8, 4) is 0 Å². The minimum Gasteiger partial charge on any atom is -0.341 e. The number of hydrogen-bond acceptors (Lipinski definition) is 5. The van der Waals surface area contributed by atoms with Crippen molar-refractivity contribution in [3.05, 3.63) is 87.1 Å². The van der Waals surface area contributed by atoms with Gasteiger partial charge in [-0.1, -0.05) is 35.9 Å². The van der Waals surface area contributed by atoms with Crippen molar-refractivity contribution in [3.63, 3.8) is 0 Å². The van der Waals surface area contributed by atoms with Gasteiger partial charge in [0.25, 0.3) is 5.56 Å². The van der Waals surface area contributed by atoms with Crippen molar-refractivity contribution in [1.82, 2.24) is 19.9 Å². The number of aryl methyl sites for hydroxylation is 1. The molecular weight excluding hydrogens is 362 g/mol. The third kappa shape index (κ3) is 4.71. The number of nitrogens with one attached hydrogen (secondary N) is 1. The van der Waals surface area contributed by atoms with Crippen molar-refractivity contribution in [2.24, 2.45) is 0 Å². The maximum Gasteiger partial charge on any atom is 0.255 e. The SMILES string of the molecule is Cc1cccc(CN2CCc3nc(N(C)Cc4cccnc4)[nH]c(=O)c3CC2)c1. The Hall–Kier alpha value is -2.99. The third-order valence-corrected chi connectivity index (χ3v) is 5.42. The van der Waals surface area contributed by atoms with Gasteiger partial charge in [0.15, 0.2) is 0 Å². The fourth-order valence-electron chi connectivity index (χ4n) is 3.89. The van der Waals surface area contributed by atoms with Crippen LogP contribution in [0, 0.1) is 6.92 Å². The van der Waals surface area contributed by atoms with Crippen LogP contribution in [-0.2, 0) is 25.9 Å². The first-order valence-corrected chi connectivity index (χ1v) is 10.1. The highest BCUT2D eigenvalue weighted by Gasteiger charge is 2.20. The number of anilines is 1. The molecule has 29 heavy (non-hydrogen) atoms. The first-order chi connectivity index (χ1) is 14.1. The quantitative estimate of drug-likeness (QED) is 0.727. The molecule has 0 aliphatic carbocycles. The number of benzene rings is 1. The smallest absolute Gasteiger partial charge is 0.255 e. The molecule has 6 heteroatoms. The fraction of sp³-hybridized carbons (Fsp3) is 0.348. The lowest BCUT2D eigenvalue weighted by atomic mass is 10.1. The molecule has 0 amide bonds. The second-order valence-electron chi connectivity index (χ2n) is 7.80. The number of aromatic nitrogens is 3. The Bertz CT molecular complexity index is 1030. The normalized spacial score (nSPS) is 14.3. The van der Waals surface area contributed by atoms with E-state index in [1.165, 1.54) is 11.1 Å². The molecule has 150 valence electrons. The molecule has 4 rings (SSSR count). The summed E-state index contributed by atoms with van der Waals surface area (Å²) in [6.45, 7) is 5.45. The maximum atomic E-state index is 12.8. The van der Waals surface area contributed by atoms with Crippen molar-refractivity contribution < 1.29 is 0 Å². The van der Waals surface area contributed by atoms with Gasteiger partial charge in [-0.3, -0.25) is 19.7 Å². The number of aromatic amines is 1. The van der Waals surface area contributed by atoms with E-state index in [9.17, 15) is 4.79 Å². The number of nitrogens with zero attached hydrogens (tertiary/aromatic N) is 4. The van der Waals surface area contributed by atoms with Gasteiger partial charge < -0.3 is 4.90 Å². The molecule has 0 spiro atoms. The number of pyridine rings is 1. The summed E-state index contributed by atoms with van der Waals surface area (Å²) in [5, 5.41) is 0. The maximum absolute atomic E-state index is 12.8. The first kappa shape index (κ1) is 19.3. The number of rotatable bonds is 5. The van der Waals surface area contributed by atoms with Crippen molar-refractivity contribution >= 4 is 5.95 Å². The Morgan fingerprint density at radius 1 is 1.14 bits per heavy atom. The summed E-state index contributed by atoms with van der Waals surface area (Å²) in [5.74, 6) is 0.615. The van der Waals surface area contributed by atoms with Crippen LogP contribution in [0.5, 0.6) is 0 Å². The van der Waals surface area contributed by atoms with Crippen LogP contribution in [0.2, 0.25) is 0 Å². The molecule has 3 aromatic rings. The zero-order valence-electron chi connectivity index (χ0n) is 17.1. The first-order valence-electron chi connectivity index (χ1n) is 10.1. The highest BCUT2D eigenvalue weighted by Crippen LogP contribution is 2.17. The van der Waals surface area contributed by atoms with E-state index >= 15 is 0 Å². The van der Waals surface area contributed by atoms with E-state index in [1.807, 2.05) is 30.3 Å².